The molecule has 3 nitrogen and oxygen atoms in total. The van der Waals surface area contributed by atoms with E-state index in [9.17, 15) is 10.2 Å². The molecule has 0 aliphatic heterocycles. The van der Waals surface area contributed by atoms with Gasteiger partial charge in [0.2, 0.25) is 0 Å². The Kier molecular flexibility index (Phi) is 10.5. The molecular formula is C37H47O3P. The third-order valence-electron chi connectivity index (χ3n) is 8.51. The number of phenolic OH excluding ortho intramolecular Hbond substituents is 2. The van der Waals surface area contributed by atoms with Crippen LogP contribution < -0.4 is 9.83 Å². The van der Waals surface area contributed by atoms with Crippen LogP contribution in [0.4, 0.5) is 0 Å². The van der Waals surface area contributed by atoms with E-state index < -0.39 is 6.83 Å². The number of phenols is 2. The molecule has 218 valence electrons. The molecule has 0 aliphatic rings. The standard InChI is InChI=1S/C37H47O3P/c1-4-7-27-41(28-8-5-2,29-9-6-3,36-13-11-10-12-14-36)40-35-25-19-32(20-26-35)37(30-15-21-33(38)22-16-30)31-17-23-34(39)24-18-31/h10-26,37-39H,4-9,27-29H2,1-3H3. The molecule has 0 heterocycles. The molecule has 0 bridgehead atoms. The summed E-state index contributed by atoms with van der Waals surface area (Å²) in [6, 6.07) is 34.7. The summed E-state index contributed by atoms with van der Waals surface area (Å²) >= 11 is 0. The molecule has 0 radical (unpaired) electrons. The molecule has 2 N–H and O–H groups in total. The predicted molar refractivity (Wildman–Crippen MR) is 177 cm³/mol. The quantitative estimate of drug-likeness (QED) is 0.110. The number of hydrogen-bond acceptors (Lipinski definition) is 3. The van der Waals surface area contributed by atoms with Crippen molar-refractivity contribution in [1.82, 2.24) is 0 Å². The van der Waals surface area contributed by atoms with E-state index in [0.29, 0.717) is 0 Å². The first-order valence-corrected chi connectivity index (χ1v) is 18.1. The third-order valence-corrected chi connectivity index (χ3v) is 14.9. The van der Waals surface area contributed by atoms with Crippen molar-refractivity contribution in [3.05, 3.63) is 120 Å². The van der Waals surface area contributed by atoms with E-state index >= 15 is 0 Å². The zero-order valence-corrected chi connectivity index (χ0v) is 25.9. The third kappa shape index (κ3) is 7.14. The molecule has 0 unspecified atom stereocenters. The number of hydrogen-bond donors (Lipinski definition) is 2. The van der Waals surface area contributed by atoms with Crippen molar-refractivity contribution in [2.24, 2.45) is 0 Å². The van der Waals surface area contributed by atoms with Gasteiger partial charge in [-0.05, 0) is 0 Å². The van der Waals surface area contributed by atoms with Crippen LogP contribution in [0.5, 0.6) is 17.2 Å². The van der Waals surface area contributed by atoms with Gasteiger partial charge in [-0.1, -0.05) is 0 Å². The SMILES string of the molecule is CCCCP(CCCC)(CCCC)(Oc1ccc(C(c2ccc(O)cc2)c2ccc(O)cc2)cc1)c1ccccc1. The first-order chi connectivity index (χ1) is 19.9. The summed E-state index contributed by atoms with van der Waals surface area (Å²) < 4.78 is 7.52. The van der Waals surface area contributed by atoms with Crippen LogP contribution in [0.15, 0.2) is 103 Å². The van der Waals surface area contributed by atoms with Crippen LogP contribution in [-0.2, 0) is 0 Å². The van der Waals surface area contributed by atoms with Crippen LogP contribution in [-0.4, -0.2) is 28.7 Å². The van der Waals surface area contributed by atoms with E-state index in [-0.39, 0.29) is 17.4 Å². The van der Waals surface area contributed by atoms with Gasteiger partial charge in [0.15, 0.2) is 0 Å². The van der Waals surface area contributed by atoms with Crippen molar-refractivity contribution in [1.29, 1.82) is 0 Å². The normalized spacial score (nSPS) is 12.6. The van der Waals surface area contributed by atoms with Crippen LogP contribution in [0, 0.1) is 0 Å². The maximum absolute atomic E-state index is 9.92. The second-order valence-corrected chi connectivity index (χ2v) is 16.8. The van der Waals surface area contributed by atoms with Gasteiger partial charge in [0, 0.05) is 0 Å². The molecule has 0 aromatic heterocycles. The van der Waals surface area contributed by atoms with E-state index in [1.54, 1.807) is 24.3 Å². The molecule has 0 amide bonds. The Morgan fingerprint density at radius 3 is 1.32 bits per heavy atom. The van der Waals surface area contributed by atoms with Crippen LogP contribution in [0.3, 0.4) is 0 Å². The second kappa shape index (κ2) is 14.1. The van der Waals surface area contributed by atoms with Crippen LogP contribution in [0.1, 0.15) is 81.9 Å². The van der Waals surface area contributed by atoms with Crippen LogP contribution >= 0.6 is 6.83 Å². The fourth-order valence-electron chi connectivity index (χ4n) is 6.20. The minimum atomic E-state index is -2.78. The van der Waals surface area contributed by atoms with Crippen molar-refractivity contribution in [2.45, 2.75) is 65.2 Å². The molecule has 4 rings (SSSR count). The Bertz CT molecular complexity index is 1260. The van der Waals surface area contributed by atoms with Crippen LogP contribution in [0.2, 0.25) is 0 Å². The summed E-state index contributed by atoms with van der Waals surface area (Å²) in [4.78, 5) is 0. The molecule has 0 atom stereocenters. The molecule has 0 aliphatic carbocycles. The van der Waals surface area contributed by atoms with Gasteiger partial charge < -0.3 is 0 Å². The summed E-state index contributed by atoms with van der Waals surface area (Å²) in [6.45, 7) is 4.09. The van der Waals surface area contributed by atoms with E-state index in [0.717, 1.165) is 60.2 Å². The average molecular weight is 571 g/mol. The minimum absolute atomic E-state index is 0.0325. The average Bonchev–Trinajstić information content (AvgIpc) is 3.01. The maximum atomic E-state index is 9.92. The van der Waals surface area contributed by atoms with E-state index in [1.807, 2.05) is 24.3 Å². The first-order valence-electron chi connectivity index (χ1n) is 15.4. The van der Waals surface area contributed by atoms with Crippen LogP contribution in [0.25, 0.3) is 0 Å². The Morgan fingerprint density at radius 1 is 0.537 bits per heavy atom. The van der Waals surface area contributed by atoms with Gasteiger partial charge in [0.05, 0.1) is 0 Å². The number of rotatable bonds is 15. The molecular weight excluding hydrogens is 523 g/mol. The summed E-state index contributed by atoms with van der Waals surface area (Å²) in [5.41, 5.74) is 3.31. The molecule has 4 aromatic carbocycles. The van der Waals surface area contributed by atoms with E-state index in [4.69, 9.17) is 4.52 Å². The monoisotopic (exact) mass is 570 g/mol. The fraction of sp³-hybridized carbons (Fsp3) is 0.351. The topological polar surface area (TPSA) is 49.7 Å². The summed E-state index contributed by atoms with van der Waals surface area (Å²) in [6.07, 6.45) is 10.4. The predicted octanol–water partition coefficient (Wildman–Crippen LogP) is 9.85. The van der Waals surface area contributed by atoms with Gasteiger partial charge in [-0.15, -0.1) is 0 Å². The number of benzene rings is 4. The molecule has 0 fully saturated rings. The Labute approximate surface area is 247 Å². The Morgan fingerprint density at radius 2 is 0.927 bits per heavy atom. The zero-order chi connectivity index (χ0) is 29.2. The zero-order valence-electron chi connectivity index (χ0n) is 25.0. The Hall–Kier alpha value is -3.29. The van der Waals surface area contributed by atoms with Crippen molar-refractivity contribution >= 4 is 12.1 Å². The number of aromatic hydroxyl groups is 2. The first kappa shape index (κ1) is 30.7. The number of unbranched alkanes of at least 4 members (excludes halogenated alkanes) is 3. The summed E-state index contributed by atoms with van der Waals surface area (Å²) in [5, 5.41) is 21.3. The summed E-state index contributed by atoms with van der Waals surface area (Å²) in [5.74, 6) is 1.42. The van der Waals surface area contributed by atoms with Gasteiger partial charge in [0.25, 0.3) is 0 Å². The van der Waals surface area contributed by atoms with Crippen molar-refractivity contribution in [3.63, 3.8) is 0 Å². The van der Waals surface area contributed by atoms with Gasteiger partial charge in [-0.25, -0.2) is 0 Å². The van der Waals surface area contributed by atoms with Crippen molar-refractivity contribution in [3.8, 4) is 17.2 Å². The molecule has 4 aromatic rings. The molecule has 0 saturated heterocycles. The molecule has 4 heteroatoms. The molecule has 41 heavy (non-hydrogen) atoms. The Balaban J connectivity index is 1.79. The van der Waals surface area contributed by atoms with E-state index in [1.165, 1.54) is 24.6 Å². The van der Waals surface area contributed by atoms with Gasteiger partial charge in [-0.3, -0.25) is 0 Å². The van der Waals surface area contributed by atoms with Gasteiger partial charge >= 0.3 is 248 Å². The molecule has 0 saturated carbocycles. The van der Waals surface area contributed by atoms with Crippen molar-refractivity contribution in [2.75, 3.05) is 18.5 Å². The fourth-order valence-corrected chi connectivity index (χ4v) is 12.8. The summed E-state index contributed by atoms with van der Waals surface area (Å²) in [7, 11) is 0. The van der Waals surface area contributed by atoms with E-state index in [2.05, 4.69) is 75.4 Å². The van der Waals surface area contributed by atoms with Gasteiger partial charge in [0.1, 0.15) is 0 Å². The second-order valence-electron chi connectivity index (χ2n) is 11.5. The van der Waals surface area contributed by atoms with Gasteiger partial charge in [-0.2, -0.15) is 0 Å². The molecule has 0 spiro atoms. The van der Waals surface area contributed by atoms with Crippen molar-refractivity contribution < 1.29 is 14.7 Å².